The van der Waals surface area contributed by atoms with Gasteiger partial charge in [0.15, 0.2) is 0 Å². The first-order chi connectivity index (χ1) is 11.9. The number of piperidine rings is 1. The number of likely N-dealkylation sites (tertiary alicyclic amines) is 1. The van der Waals surface area contributed by atoms with Crippen LogP contribution in [0.15, 0.2) is 42.5 Å². The first kappa shape index (κ1) is 19.5. The number of hydrogen-bond donors (Lipinski definition) is 1. The fourth-order valence-electron chi connectivity index (χ4n) is 3.74. The summed E-state index contributed by atoms with van der Waals surface area (Å²) < 4.78 is 5.71. The Labute approximate surface area is 151 Å². The van der Waals surface area contributed by atoms with Crippen molar-refractivity contribution in [2.24, 2.45) is 11.3 Å². The Morgan fingerprint density at radius 3 is 2.68 bits per heavy atom. The minimum Gasteiger partial charge on any atom is -0.465 e. The molecule has 1 aromatic carbocycles. The van der Waals surface area contributed by atoms with E-state index in [0.29, 0.717) is 19.8 Å². The van der Waals surface area contributed by atoms with Gasteiger partial charge in [-0.15, -0.1) is 0 Å². The topological polar surface area (TPSA) is 49.8 Å². The zero-order valence-electron chi connectivity index (χ0n) is 15.6. The van der Waals surface area contributed by atoms with Crippen LogP contribution in [0.1, 0.15) is 45.6 Å². The van der Waals surface area contributed by atoms with E-state index in [9.17, 15) is 9.90 Å². The summed E-state index contributed by atoms with van der Waals surface area (Å²) in [5.41, 5.74) is 1.11. The molecule has 4 heteroatoms. The van der Waals surface area contributed by atoms with Crippen molar-refractivity contribution in [1.82, 2.24) is 4.90 Å². The van der Waals surface area contributed by atoms with E-state index in [2.05, 4.69) is 45.1 Å². The molecule has 1 amide bonds. The van der Waals surface area contributed by atoms with E-state index in [0.717, 1.165) is 19.3 Å². The first-order valence-corrected chi connectivity index (χ1v) is 9.17. The van der Waals surface area contributed by atoms with E-state index in [1.54, 1.807) is 4.90 Å². The molecule has 138 valence electrons. The molecule has 25 heavy (non-hydrogen) atoms. The largest absolute Gasteiger partial charge is 0.465 e. The number of carbonyl (C=O) groups is 1. The molecule has 0 aromatic heterocycles. The van der Waals surface area contributed by atoms with Gasteiger partial charge >= 0.3 is 6.09 Å². The van der Waals surface area contributed by atoms with Crippen molar-refractivity contribution in [3.63, 3.8) is 0 Å². The molecule has 2 rings (SSSR count). The van der Waals surface area contributed by atoms with Gasteiger partial charge in [-0.1, -0.05) is 63.3 Å². The van der Waals surface area contributed by atoms with Crippen LogP contribution < -0.4 is 0 Å². The van der Waals surface area contributed by atoms with Gasteiger partial charge in [0.1, 0.15) is 0 Å². The predicted molar refractivity (Wildman–Crippen MR) is 101 cm³/mol. The van der Waals surface area contributed by atoms with Crippen LogP contribution in [0.2, 0.25) is 0 Å². The molecule has 1 aliphatic rings. The fraction of sp³-hybridized carbons (Fsp3) is 0.571. The molecule has 1 aliphatic heterocycles. The quantitative estimate of drug-likeness (QED) is 0.586. The van der Waals surface area contributed by atoms with Crippen LogP contribution in [0.4, 0.5) is 4.79 Å². The fourth-order valence-corrected chi connectivity index (χ4v) is 3.74. The molecule has 1 fully saturated rings. The van der Waals surface area contributed by atoms with Crippen molar-refractivity contribution in [2.45, 2.75) is 52.7 Å². The molecule has 0 bridgehead atoms. The SMILES string of the molecule is CC(C)(C)C1[C@@H](/C=C/CCOCc2ccccc2)CCCN1C(=O)O. The Balaban J connectivity index is 1.84. The predicted octanol–water partition coefficient (Wildman–Crippen LogP) is 4.95. The highest BCUT2D eigenvalue weighted by molar-refractivity contribution is 5.65. The Morgan fingerprint density at radius 1 is 1.32 bits per heavy atom. The summed E-state index contributed by atoms with van der Waals surface area (Å²) >= 11 is 0. The summed E-state index contributed by atoms with van der Waals surface area (Å²) in [6.07, 6.45) is 6.39. The van der Waals surface area contributed by atoms with Crippen molar-refractivity contribution >= 4 is 6.09 Å². The maximum absolute atomic E-state index is 11.6. The number of amides is 1. The number of nitrogens with zero attached hydrogens (tertiary/aromatic N) is 1. The molecule has 1 N–H and O–H groups in total. The Morgan fingerprint density at radius 2 is 2.04 bits per heavy atom. The maximum Gasteiger partial charge on any atom is 0.407 e. The highest BCUT2D eigenvalue weighted by Crippen LogP contribution is 2.36. The van der Waals surface area contributed by atoms with Crippen LogP contribution in [-0.4, -0.2) is 35.3 Å². The second kappa shape index (κ2) is 9.04. The van der Waals surface area contributed by atoms with Crippen LogP contribution >= 0.6 is 0 Å². The second-order valence-corrected chi connectivity index (χ2v) is 7.85. The minimum absolute atomic E-state index is 0.0280. The van der Waals surface area contributed by atoms with E-state index in [1.807, 2.05) is 18.2 Å². The summed E-state index contributed by atoms with van der Waals surface area (Å²) in [6, 6.07) is 10.2. The number of benzene rings is 1. The number of hydrogen-bond acceptors (Lipinski definition) is 2. The van der Waals surface area contributed by atoms with Gasteiger partial charge in [0.25, 0.3) is 0 Å². The van der Waals surface area contributed by atoms with Crippen LogP contribution in [0.25, 0.3) is 0 Å². The molecule has 0 radical (unpaired) electrons. The van der Waals surface area contributed by atoms with Crippen LogP contribution in [0, 0.1) is 11.3 Å². The molecule has 0 spiro atoms. The van der Waals surface area contributed by atoms with Gasteiger partial charge in [0.05, 0.1) is 13.2 Å². The standard InChI is InChI=1S/C21H31NO3/c1-21(2,3)19-18(13-9-14-22(19)20(23)24)12-7-8-15-25-16-17-10-5-4-6-11-17/h4-7,10-12,18-19H,8-9,13-16H2,1-3H3,(H,23,24)/b12-7+/t18-,19?/m0/s1. The Hall–Kier alpha value is -1.81. The molecule has 1 heterocycles. The zero-order valence-corrected chi connectivity index (χ0v) is 15.6. The van der Waals surface area contributed by atoms with Gasteiger partial charge in [0.2, 0.25) is 0 Å². The lowest BCUT2D eigenvalue weighted by Gasteiger charge is -2.46. The van der Waals surface area contributed by atoms with Crippen molar-refractivity contribution in [2.75, 3.05) is 13.2 Å². The summed E-state index contributed by atoms with van der Waals surface area (Å²) in [5, 5.41) is 9.52. The summed E-state index contributed by atoms with van der Waals surface area (Å²) in [6.45, 7) is 8.34. The average Bonchev–Trinajstić information content (AvgIpc) is 2.57. The van der Waals surface area contributed by atoms with E-state index >= 15 is 0 Å². The normalized spacial score (nSPS) is 21.6. The third-order valence-electron chi connectivity index (χ3n) is 4.73. The molecule has 1 saturated heterocycles. The van der Waals surface area contributed by atoms with Gasteiger partial charge in [-0.3, -0.25) is 0 Å². The molecular formula is C21H31NO3. The van der Waals surface area contributed by atoms with Crippen molar-refractivity contribution in [1.29, 1.82) is 0 Å². The van der Waals surface area contributed by atoms with Gasteiger partial charge < -0.3 is 14.7 Å². The molecule has 4 nitrogen and oxygen atoms in total. The third kappa shape index (κ3) is 5.89. The van der Waals surface area contributed by atoms with Crippen LogP contribution in [0.5, 0.6) is 0 Å². The molecule has 0 aliphatic carbocycles. The minimum atomic E-state index is -0.802. The van der Waals surface area contributed by atoms with Crippen molar-refractivity contribution in [3.8, 4) is 0 Å². The number of carboxylic acid groups (broad SMARTS) is 1. The number of rotatable bonds is 6. The van der Waals surface area contributed by atoms with E-state index in [-0.39, 0.29) is 17.4 Å². The van der Waals surface area contributed by atoms with Gasteiger partial charge in [-0.2, -0.15) is 0 Å². The molecule has 0 saturated carbocycles. The highest BCUT2D eigenvalue weighted by Gasteiger charge is 2.40. The smallest absolute Gasteiger partial charge is 0.407 e. The van der Waals surface area contributed by atoms with Crippen molar-refractivity contribution < 1.29 is 14.6 Å². The van der Waals surface area contributed by atoms with Gasteiger partial charge in [0, 0.05) is 12.6 Å². The molecule has 2 atom stereocenters. The molecular weight excluding hydrogens is 314 g/mol. The maximum atomic E-state index is 11.6. The number of ether oxygens (including phenoxy) is 1. The van der Waals surface area contributed by atoms with Crippen LogP contribution in [0.3, 0.4) is 0 Å². The highest BCUT2D eigenvalue weighted by atomic mass is 16.5. The zero-order chi connectivity index (χ0) is 18.3. The van der Waals surface area contributed by atoms with Gasteiger partial charge in [-0.25, -0.2) is 4.79 Å². The van der Waals surface area contributed by atoms with E-state index < -0.39 is 6.09 Å². The van der Waals surface area contributed by atoms with E-state index in [1.165, 1.54) is 5.56 Å². The lowest BCUT2D eigenvalue weighted by molar-refractivity contribution is 0.0371. The summed E-state index contributed by atoms with van der Waals surface area (Å²) in [7, 11) is 0. The van der Waals surface area contributed by atoms with Gasteiger partial charge in [-0.05, 0) is 36.2 Å². The summed E-state index contributed by atoms with van der Waals surface area (Å²) in [4.78, 5) is 13.2. The summed E-state index contributed by atoms with van der Waals surface area (Å²) in [5.74, 6) is 0.277. The van der Waals surface area contributed by atoms with Crippen LogP contribution in [-0.2, 0) is 11.3 Å². The Bertz CT molecular complexity index is 562. The average molecular weight is 345 g/mol. The molecule has 1 unspecified atom stereocenters. The Kier molecular flexibility index (Phi) is 7.06. The second-order valence-electron chi connectivity index (χ2n) is 7.85. The monoisotopic (exact) mass is 345 g/mol. The van der Waals surface area contributed by atoms with Crippen molar-refractivity contribution in [3.05, 3.63) is 48.0 Å². The molecule has 1 aromatic rings. The lowest BCUT2D eigenvalue weighted by atomic mass is 9.74. The lowest BCUT2D eigenvalue weighted by Crippen LogP contribution is -2.53. The first-order valence-electron chi connectivity index (χ1n) is 9.17. The third-order valence-corrected chi connectivity index (χ3v) is 4.73. The van der Waals surface area contributed by atoms with E-state index in [4.69, 9.17) is 4.74 Å².